The summed E-state index contributed by atoms with van der Waals surface area (Å²) in [6, 6.07) is -7.47. The largest absolute Gasteiger partial charge is 0.394 e. The summed E-state index contributed by atoms with van der Waals surface area (Å²) in [6.07, 6.45) is -97.4. The topological polar surface area (TPSA) is 858 Å². The Balaban J connectivity index is 0.963. The molecule has 10 heterocycles. The van der Waals surface area contributed by atoms with E-state index < -0.39 is 397 Å². The number of aliphatic hydroxyl groups excluding tert-OH is 28. The van der Waals surface area contributed by atoms with E-state index in [-0.39, 0.29) is 0 Å². The number of rotatable bonds is 32. The summed E-state index contributed by atoms with van der Waals surface area (Å²) >= 11 is 0. The lowest BCUT2D eigenvalue weighted by Gasteiger charge is -2.51. The van der Waals surface area contributed by atoms with E-state index in [4.69, 9.17) is 90.0 Å². The van der Waals surface area contributed by atoms with Crippen molar-refractivity contribution in [3.63, 3.8) is 0 Å². The molecule has 0 aromatic heterocycles. The lowest BCUT2D eigenvalue weighted by molar-refractivity contribution is -0.401. The van der Waals surface area contributed by atoms with Crippen LogP contribution < -0.4 is 21.3 Å². The number of aliphatic hydroxyl groups is 28. The molecule has 10 fully saturated rings. The molecule has 10 rings (SSSR count). The fourth-order valence-electron chi connectivity index (χ4n) is 15.9. The molecule has 0 bridgehead atoms. The van der Waals surface area contributed by atoms with Gasteiger partial charge in [0.1, 0.15) is 244 Å². The first-order valence-corrected chi connectivity index (χ1v) is 39.1. The van der Waals surface area contributed by atoms with E-state index >= 15 is 0 Å². The predicted octanol–water partition coefficient (Wildman–Crippen LogP) is -22.2. The van der Waals surface area contributed by atoms with Crippen LogP contribution in [0.5, 0.6) is 0 Å². The first kappa shape index (κ1) is 101. The van der Waals surface area contributed by atoms with Crippen LogP contribution in [-0.2, 0) is 109 Å². The van der Waals surface area contributed by atoms with Crippen LogP contribution >= 0.6 is 0 Å². The molecule has 123 heavy (non-hydrogen) atoms. The molecular formula is C68H114N4O51. The Morgan fingerprint density at radius 3 is 0.780 bits per heavy atom. The Bertz CT molecular complexity index is 3310. The molecule has 0 aliphatic carbocycles. The van der Waals surface area contributed by atoms with Gasteiger partial charge in [0, 0.05) is 27.7 Å². The summed E-state index contributed by atoms with van der Waals surface area (Å²) in [5.74, 6) is -3.66. The second-order valence-electron chi connectivity index (χ2n) is 31.0. The van der Waals surface area contributed by atoms with Gasteiger partial charge in [-0.05, 0) is 0 Å². The molecule has 1 unspecified atom stereocenters. The quantitative estimate of drug-likeness (QED) is 0.0297. The van der Waals surface area contributed by atoms with E-state index in [1.165, 1.54) is 0 Å². The standard InChI is InChI=1S/C68H114N4O51/c1-15(82)69-29-39(92)51(24(10-78)106-59(29)104)116-60-30(70-16(2)83)40(93)54(27(13-81)112-60)119-66-50(103)56(38(91)28(115-66)14-105-67-57(45(98)35(88)21(7-75)110-67)122-61-31(71-17(3)84)41(94)52(25(11-79)113-61)117-63-47(100)43(96)33(86)19(5-73)107-63)120-65-49(102)55(37(90)23(9-77)109-65)121-68-58(46(99)36(89)22(8-76)111-68)123-62-32(72-18(4)85)42(95)53(26(12-80)114-62)118-64-48(101)44(97)34(87)20(6-74)108-64/h19-68,73-81,86-104H,5-14H2,1-4H3,(H,69,82)(H,70,83)(H,71,84)(H,72,85)/t19-,20-,21-,22-,23-,24-,25-,26-,27-,28-,29-,30-,31-,32-,33+,34+,35-,36-,37-,38-,39-,40-,41-,42-,43+,44+,45+,46+,47-,48-,49+,50+,51-,52-,53-,54-,55+,56+,57+,58+,59?,60+,61+,62+,63+,64+,65-,66+,67+,68-/m1/s1. The van der Waals surface area contributed by atoms with Crippen molar-refractivity contribution < 1.29 is 252 Å². The van der Waals surface area contributed by atoms with Gasteiger partial charge in [-0.1, -0.05) is 0 Å². The van der Waals surface area contributed by atoms with Gasteiger partial charge in [-0.2, -0.15) is 0 Å². The Hall–Kier alpha value is -4.00. The maximum atomic E-state index is 13.0. The minimum absolute atomic E-state index is 0.801. The number of amides is 4. The summed E-state index contributed by atoms with van der Waals surface area (Å²) in [4.78, 5) is 51.0. The molecule has 10 saturated heterocycles. The van der Waals surface area contributed by atoms with Gasteiger partial charge >= 0.3 is 0 Å². The van der Waals surface area contributed by atoms with Crippen LogP contribution in [0.4, 0.5) is 0 Å². The fraction of sp³-hybridized carbons (Fsp3) is 0.941. The van der Waals surface area contributed by atoms with Crippen LogP contribution in [0.15, 0.2) is 0 Å². The van der Waals surface area contributed by atoms with Gasteiger partial charge in [0.2, 0.25) is 23.6 Å². The molecule has 10 aliphatic rings. The second kappa shape index (κ2) is 44.3. The molecule has 4 amide bonds. The van der Waals surface area contributed by atoms with E-state index in [2.05, 4.69) is 21.3 Å². The van der Waals surface area contributed by atoms with E-state index in [9.17, 15) is 162 Å². The number of hydrogen-bond acceptors (Lipinski definition) is 51. The summed E-state index contributed by atoms with van der Waals surface area (Å²) in [6.45, 7) is -7.40. The molecule has 32 N–H and O–H groups in total. The van der Waals surface area contributed by atoms with Crippen molar-refractivity contribution in [1.82, 2.24) is 21.3 Å². The fourth-order valence-corrected chi connectivity index (χ4v) is 15.9. The number of ether oxygens (including phenoxy) is 19. The lowest BCUT2D eigenvalue weighted by atomic mass is 9.93. The molecule has 0 spiro atoms. The molecule has 712 valence electrons. The lowest BCUT2D eigenvalue weighted by Crippen LogP contribution is -2.70. The maximum Gasteiger partial charge on any atom is 0.217 e. The normalized spacial score (nSPS) is 49.4. The smallest absolute Gasteiger partial charge is 0.217 e. The van der Waals surface area contributed by atoms with Crippen molar-refractivity contribution in [2.45, 2.75) is 335 Å². The van der Waals surface area contributed by atoms with Gasteiger partial charge in [-0.3, -0.25) is 19.2 Å². The first-order valence-electron chi connectivity index (χ1n) is 39.1. The van der Waals surface area contributed by atoms with Crippen molar-refractivity contribution in [3.05, 3.63) is 0 Å². The third kappa shape index (κ3) is 22.3. The Morgan fingerprint density at radius 2 is 0.439 bits per heavy atom. The molecule has 50 atom stereocenters. The monoisotopic (exact) mass is 1800 g/mol. The number of nitrogens with one attached hydrogen (secondary N) is 4. The number of hydrogen-bond donors (Lipinski definition) is 32. The van der Waals surface area contributed by atoms with Crippen molar-refractivity contribution in [1.29, 1.82) is 0 Å². The van der Waals surface area contributed by atoms with Crippen molar-refractivity contribution in [3.8, 4) is 0 Å². The minimum Gasteiger partial charge on any atom is -0.394 e. The molecule has 10 aliphatic heterocycles. The van der Waals surface area contributed by atoms with E-state index in [1.807, 2.05) is 0 Å². The molecule has 55 nitrogen and oxygen atoms in total. The molecule has 0 aromatic rings. The second-order valence-corrected chi connectivity index (χ2v) is 31.0. The third-order valence-electron chi connectivity index (χ3n) is 22.5. The summed E-state index contributed by atoms with van der Waals surface area (Å²) in [5.41, 5.74) is 0. The highest BCUT2D eigenvalue weighted by atomic mass is 16.8. The summed E-state index contributed by atoms with van der Waals surface area (Å²) in [5, 5.41) is 322. The highest BCUT2D eigenvalue weighted by Crippen LogP contribution is 2.41. The van der Waals surface area contributed by atoms with Crippen LogP contribution in [-0.4, -0.2) is 539 Å². The summed E-state index contributed by atoms with van der Waals surface area (Å²) < 4.78 is 112. The minimum atomic E-state index is -2.61. The zero-order valence-corrected chi connectivity index (χ0v) is 65.9. The zero-order valence-electron chi connectivity index (χ0n) is 65.9. The van der Waals surface area contributed by atoms with Gasteiger partial charge in [0.25, 0.3) is 0 Å². The van der Waals surface area contributed by atoms with Crippen LogP contribution in [0.25, 0.3) is 0 Å². The molecular weight excluding hydrogens is 1690 g/mol. The average molecular weight is 1800 g/mol. The number of carbonyl (C=O) groups is 4. The Kier molecular flexibility index (Phi) is 36.4. The zero-order chi connectivity index (χ0) is 90.5. The van der Waals surface area contributed by atoms with Gasteiger partial charge in [0.15, 0.2) is 62.9 Å². The van der Waals surface area contributed by atoms with Crippen LogP contribution in [0, 0.1) is 0 Å². The van der Waals surface area contributed by atoms with Crippen molar-refractivity contribution in [2.24, 2.45) is 0 Å². The van der Waals surface area contributed by atoms with Crippen LogP contribution in [0.1, 0.15) is 27.7 Å². The molecule has 0 saturated carbocycles. The maximum absolute atomic E-state index is 13.0. The summed E-state index contributed by atoms with van der Waals surface area (Å²) in [7, 11) is 0. The van der Waals surface area contributed by atoms with Crippen molar-refractivity contribution >= 4 is 23.6 Å². The Labute approximate surface area is 695 Å². The highest BCUT2D eigenvalue weighted by Gasteiger charge is 2.62. The highest BCUT2D eigenvalue weighted by molar-refractivity contribution is 5.74. The first-order chi connectivity index (χ1) is 58.2. The van der Waals surface area contributed by atoms with Crippen LogP contribution in [0.2, 0.25) is 0 Å². The number of carbonyl (C=O) groups excluding carboxylic acids is 4. The third-order valence-corrected chi connectivity index (χ3v) is 22.5. The van der Waals surface area contributed by atoms with Gasteiger partial charge < -0.3 is 254 Å². The predicted molar refractivity (Wildman–Crippen MR) is 376 cm³/mol. The van der Waals surface area contributed by atoms with E-state index in [0.29, 0.717) is 0 Å². The van der Waals surface area contributed by atoms with Gasteiger partial charge in [-0.15, -0.1) is 0 Å². The van der Waals surface area contributed by atoms with Gasteiger partial charge in [0.05, 0.1) is 66.1 Å². The van der Waals surface area contributed by atoms with E-state index in [0.717, 1.165) is 27.7 Å². The molecule has 0 radical (unpaired) electrons. The van der Waals surface area contributed by atoms with Crippen LogP contribution in [0.3, 0.4) is 0 Å². The Morgan fingerprint density at radius 1 is 0.211 bits per heavy atom. The average Bonchev–Trinajstić information content (AvgIpc) is 0.767. The van der Waals surface area contributed by atoms with Gasteiger partial charge in [-0.25, -0.2) is 0 Å². The molecule has 55 heteroatoms. The van der Waals surface area contributed by atoms with Crippen molar-refractivity contribution in [2.75, 3.05) is 66.1 Å². The SMILES string of the molecule is CC(=O)N[C@H]1[C@H](O[C@H]2[C@H](O)[C@@H](NC(C)=O)C(O)O[C@@H]2CO)O[C@H](CO)[C@@H](O[C@@H]2O[C@H](CO[C@H]3O[C@H](CO)[C@@H](O)[C@H](O)[C@@H]3O[C@@H]3O[C@H](CO)[C@@H](O[C@@H]4O[C@H](CO)[C@H](O)[C@H](O)[C@H]4O)[C@H](O)[C@H]3NC(C)=O)[C@@H](O)[C@H](O[C@H]3O[C@H](CO)[C@@H](O)[C@H](O[C@H]4O[C@H](CO)[C@@H](O)[C@H](O)[C@@H]4O[C@@H]4O[C@H](CO)[C@@H](O[C@@H]5O[C@H](CO)[C@H](O)[C@H](O)[C@H]5O)[C@H](O)[C@H]4NC(C)=O)[C@@H]3O)[C@@H]2O)[C@@H]1O. The van der Waals surface area contributed by atoms with E-state index in [1.54, 1.807) is 0 Å². The molecule has 0 aromatic carbocycles.